The average molecular weight is 353 g/mol. The highest BCUT2D eigenvalue weighted by Crippen LogP contribution is 2.27. The fraction of sp³-hybridized carbons (Fsp3) is 0.167. The number of para-hydroxylation sites is 1. The number of aromatic nitrogens is 3. The minimum Gasteiger partial charge on any atom is -0.279 e. The quantitative estimate of drug-likeness (QED) is 0.454. The predicted octanol–water partition coefficient (Wildman–Crippen LogP) is 5.80. The molecular weight excluding hydrogens is 330 g/mol. The van der Waals surface area contributed by atoms with E-state index in [0.717, 1.165) is 29.3 Å². The summed E-state index contributed by atoms with van der Waals surface area (Å²) in [6.45, 7) is 4.41. The molecule has 3 nitrogen and oxygen atoms in total. The Kier molecular flexibility index (Phi) is 4.84. The predicted molar refractivity (Wildman–Crippen MR) is 111 cm³/mol. The van der Waals surface area contributed by atoms with Crippen LogP contribution in [-0.2, 0) is 6.42 Å². The molecule has 0 aliphatic rings. The van der Waals surface area contributed by atoms with Crippen LogP contribution in [0.15, 0.2) is 84.9 Å². The Bertz CT molecular complexity index is 1000. The van der Waals surface area contributed by atoms with E-state index < -0.39 is 0 Å². The first-order valence-electron chi connectivity index (χ1n) is 9.38. The molecule has 3 aromatic carbocycles. The van der Waals surface area contributed by atoms with E-state index in [1.807, 2.05) is 12.1 Å². The summed E-state index contributed by atoms with van der Waals surface area (Å²) in [6, 6.07) is 29.3. The maximum absolute atomic E-state index is 4.53. The summed E-state index contributed by atoms with van der Waals surface area (Å²) in [5, 5.41) is 9.03. The smallest absolute Gasteiger partial charge is 0.168 e. The Hall–Kier alpha value is -3.20. The molecule has 0 saturated heterocycles. The molecular formula is C24H23N3. The molecule has 1 heterocycles. The lowest BCUT2D eigenvalue weighted by molar-refractivity contribution is 0.612. The molecule has 0 bridgehead atoms. The average Bonchev–Trinajstić information content (AvgIpc) is 3.12. The van der Waals surface area contributed by atoms with Crippen molar-refractivity contribution in [2.75, 3.05) is 0 Å². The number of rotatable bonds is 5. The normalized spacial score (nSPS) is 11.1. The monoisotopic (exact) mass is 353 g/mol. The Morgan fingerprint density at radius 3 is 1.85 bits per heavy atom. The van der Waals surface area contributed by atoms with Crippen LogP contribution in [0.4, 0.5) is 0 Å². The van der Waals surface area contributed by atoms with Gasteiger partial charge in [0.05, 0.1) is 0 Å². The van der Waals surface area contributed by atoms with Crippen molar-refractivity contribution < 1.29 is 0 Å². The minimum atomic E-state index is 0.518. The van der Waals surface area contributed by atoms with Gasteiger partial charge in [0.1, 0.15) is 5.82 Å². The van der Waals surface area contributed by atoms with Crippen LogP contribution < -0.4 is 0 Å². The number of nitrogens with zero attached hydrogens (tertiary/aromatic N) is 3. The van der Waals surface area contributed by atoms with Gasteiger partial charge >= 0.3 is 0 Å². The molecule has 27 heavy (non-hydrogen) atoms. The fourth-order valence-electron chi connectivity index (χ4n) is 3.29. The van der Waals surface area contributed by atoms with Crippen LogP contribution in [0, 0.1) is 5.92 Å². The molecule has 0 radical (unpaired) electrons. The van der Waals surface area contributed by atoms with Crippen LogP contribution in [0.25, 0.3) is 28.2 Å². The fourth-order valence-corrected chi connectivity index (χ4v) is 3.29. The van der Waals surface area contributed by atoms with Gasteiger partial charge < -0.3 is 0 Å². The largest absolute Gasteiger partial charge is 0.279 e. The third-order valence-electron chi connectivity index (χ3n) is 4.59. The summed E-state index contributed by atoms with van der Waals surface area (Å²) in [4.78, 5) is 0. The van der Waals surface area contributed by atoms with E-state index in [2.05, 4.69) is 101 Å². The van der Waals surface area contributed by atoms with Gasteiger partial charge in [-0.1, -0.05) is 86.6 Å². The second-order valence-corrected chi connectivity index (χ2v) is 7.15. The molecule has 134 valence electrons. The van der Waals surface area contributed by atoms with Gasteiger partial charge in [0.15, 0.2) is 5.82 Å². The lowest BCUT2D eigenvalue weighted by Gasteiger charge is -2.12. The molecule has 4 rings (SSSR count). The summed E-state index contributed by atoms with van der Waals surface area (Å²) in [6.07, 6.45) is 0.893. The Morgan fingerprint density at radius 2 is 1.22 bits per heavy atom. The molecule has 0 atom stereocenters. The third-order valence-corrected chi connectivity index (χ3v) is 4.59. The zero-order valence-corrected chi connectivity index (χ0v) is 15.7. The summed E-state index contributed by atoms with van der Waals surface area (Å²) in [5.41, 5.74) is 4.59. The second-order valence-electron chi connectivity index (χ2n) is 7.15. The van der Waals surface area contributed by atoms with E-state index >= 15 is 0 Å². The summed E-state index contributed by atoms with van der Waals surface area (Å²) < 4.78 is 2.18. The van der Waals surface area contributed by atoms with Crippen LogP contribution in [0.5, 0.6) is 0 Å². The second kappa shape index (κ2) is 7.58. The Balaban J connectivity index is 1.76. The molecule has 0 aliphatic heterocycles. The van der Waals surface area contributed by atoms with Crippen molar-refractivity contribution in [3.63, 3.8) is 0 Å². The van der Waals surface area contributed by atoms with Gasteiger partial charge in [-0.15, -0.1) is 10.2 Å². The molecule has 0 amide bonds. The molecule has 0 unspecified atom stereocenters. The molecule has 3 heteroatoms. The van der Waals surface area contributed by atoms with E-state index in [4.69, 9.17) is 0 Å². The van der Waals surface area contributed by atoms with Crippen LogP contribution in [0.3, 0.4) is 0 Å². The zero-order chi connectivity index (χ0) is 18.6. The van der Waals surface area contributed by atoms with Crippen LogP contribution in [0.1, 0.15) is 19.7 Å². The van der Waals surface area contributed by atoms with Crippen molar-refractivity contribution >= 4 is 0 Å². The number of hydrogen-bond acceptors (Lipinski definition) is 2. The minimum absolute atomic E-state index is 0.518. The third kappa shape index (κ3) is 3.68. The molecule has 0 spiro atoms. The summed E-state index contributed by atoms with van der Waals surface area (Å²) >= 11 is 0. The Morgan fingerprint density at radius 1 is 0.667 bits per heavy atom. The van der Waals surface area contributed by atoms with Gasteiger partial charge in [0, 0.05) is 17.7 Å². The lowest BCUT2D eigenvalue weighted by atomic mass is 10.0. The molecule has 0 N–H and O–H groups in total. The van der Waals surface area contributed by atoms with Crippen molar-refractivity contribution in [2.24, 2.45) is 5.92 Å². The van der Waals surface area contributed by atoms with E-state index in [0.29, 0.717) is 5.92 Å². The van der Waals surface area contributed by atoms with Crippen LogP contribution >= 0.6 is 0 Å². The van der Waals surface area contributed by atoms with Gasteiger partial charge in [0.2, 0.25) is 0 Å². The number of hydrogen-bond donors (Lipinski definition) is 0. The summed E-state index contributed by atoms with van der Waals surface area (Å²) in [7, 11) is 0. The number of benzene rings is 3. The first kappa shape index (κ1) is 17.2. The first-order chi connectivity index (χ1) is 13.2. The van der Waals surface area contributed by atoms with E-state index in [-0.39, 0.29) is 0 Å². The van der Waals surface area contributed by atoms with Crippen LogP contribution in [-0.4, -0.2) is 14.8 Å². The molecule has 4 aromatic rings. The van der Waals surface area contributed by atoms with Crippen molar-refractivity contribution in [2.45, 2.75) is 20.3 Å². The van der Waals surface area contributed by atoms with Crippen LogP contribution in [0.2, 0.25) is 0 Å². The van der Waals surface area contributed by atoms with Gasteiger partial charge in [-0.2, -0.15) is 0 Å². The molecule has 1 aromatic heterocycles. The molecule has 0 aliphatic carbocycles. The van der Waals surface area contributed by atoms with Gasteiger partial charge in [-0.3, -0.25) is 4.57 Å². The maximum atomic E-state index is 4.53. The van der Waals surface area contributed by atoms with Crippen molar-refractivity contribution in [3.05, 3.63) is 90.8 Å². The molecule has 0 fully saturated rings. The summed E-state index contributed by atoms with van der Waals surface area (Å²) in [5.74, 6) is 2.40. The first-order valence-corrected chi connectivity index (χ1v) is 9.38. The standard InChI is InChI=1S/C24H23N3/c1-18(2)17-23-25-26-24(27(23)22-11-7-4-8-12-22)21-15-13-20(14-16-21)19-9-5-3-6-10-19/h3-16,18H,17H2,1-2H3. The van der Waals surface area contributed by atoms with Gasteiger partial charge in [-0.05, 0) is 29.2 Å². The Labute approximate surface area is 160 Å². The van der Waals surface area contributed by atoms with Crippen molar-refractivity contribution in [3.8, 4) is 28.2 Å². The highest BCUT2D eigenvalue weighted by molar-refractivity contribution is 5.68. The highest BCUT2D eigenvalue weighted by Gasteiger charge is 2.16. The van der Waals surface area contributed by atoms with E-state index in [9.17, 15) is 0 Å². The van der Waals surface area contributed by atoms with Crippen molar-refractivity contribution in [1.29, 1.82) is 0 Å². The highest BCUT2D eigenvalue weighted by atomic mass is 15.3. The SMILES string of the molecule is CC(C)Cc1nnc(-c2ccc(-c3ccccc3)cc2)n1-c1ccccc1. The topological polar surface area (TPSA) is 30.7 Å². The van der Waals surface area contributed by atoms with Gasteiger partial charge in [-0.25, -0.2) is 0 Å². The molecule has 0 saturated carbocycles. The van der Waals surface area contributed by atoms with Gasteiger partial charge in [0.25, 0.3) is 0 Å². The van der Waals surface area contributed by atoms with E-state index in [1.54, 1.807) is 0 Å². The maximum Gasteiger partial charge on any atom is 0.168 e. The van der Waals surface area contributed by atoms with Crippen molar-refractivity contribution in [1.82, 2.24) is 14.8 Å². The lowest BCUT2D eigenvalue weighted by Crippen LogP contribution is -2.06. The van der Waals surface area contributed by atoms with E-state index in [1.165, 1.54) is 11.1 Å². The zero-order valence-electron chi connectivity index (χ0n) is 15.7.